The van der Waals surface area contributed by atoms with Crippen molar-refractivity contribution in [3.05, 3.63) is 0 Å². The predicted octanol–water partition coefficient (Wildman–Crippen LogP) is 2.16. The molecule has 1 aliphatic heterocycles. The zero-order valence-corrected chi connectivity index (χ0v) is 14.5. The highest BCUT2D eigenvalue weighted by atomic mass is 32.2. The normalized spacial score (nSPS) is 22.4. The van der Waals surface area contributed by atoms with Gasteiger partial charge in [0.2, 0.25) is 0 Å². The Balaban J connectivity index is 2.56. The van der Waals surface area contributed by atoms with Gasteiger partial charge in [-0.15, -0.1) is 0 Å². The zero-order chi connectivity index (χ0) is 16.3. The van der Waals surface area contributed by atoms with Crippen LogP contribution in [0.2, 0.25) is 0 Å². The first-order valence-electron chi connectivity index (χ1n) is 7.05. The Kier molecular flexibility index (Phi) is 6.07. The van der Waals surface area contributed by atoms with Crippen molar-refractivity contribution < 1.29 is 18.8 Å². The minimum absolute atomic E-state index is 0.349. The van der Waals surface area contributed by atoms with Crippen LogP contribution in [0.4, 0.5) is 4.79 Å². The van der Waals surface area contributed by atoms with Crippen LogP contribution in [0.1, 0.15) is 41.5 Å². The van der Waals surface area contributed by atoms with Gasteiger partial charge in [0.25, 0.3) is 0 Å². The van der Waals surface area contributed by atoms with Gasteiger partial charge in [0.05, 0.1) is 19.4 Å². The van der Waals surface area contributed by atoms with Gasteiger partial charge in [-0.1, -0.05) is 4.40 Å². The van der Waals surface area contributed by atoms with E-state index < -0.39 is 21.7 Å². The van der Waals surface area contributed by atoms with Crippen LogP contribution >= 0.6 is 0 Å². The molecule has 0 saturated carbocycles. The lowest BCUT2D eigenvalue weighted by molar-refractivity contribution is -0.0197. The van der Waals surface area contributed by atoms with E-state index in [0.717, 1.165) is 0 Å². The second-order valence-corrected chi connectivity index (χ2v) is 8.89. The van der Waals surface area contributed by atoms with Crippen molar-refractivity contribution in [1.82, 2.24) is 4.90 Å². The van der Waals surface area contributed by atoms with Gasteiger partial charge in [-0.3, -0.25) is 0 Å². The van der Waals surface area contributed by atoms with Crippen molar-refractivity contribution >= 4 is 23.7 Å². The molecule has 21 heavy (non-hydrogen) atoms. The molecule has 0 radical (unpaired) electrons. The summed E-state index contributed by atoms with van der Waals surface area (Å²) in [6, 6.07) is 0. The van der Waals surface area contributed by atoms with Crippen molar-refractivity contribution in [2.24, 2.45) is 4.40 Å². The largest absolute Gasteiger partial charge is 0.591 e. The fraction of sp³-hybridized carbons (Fsp3) is 0.857. The van der Waals surface area contributed by atoms with E-state index in [1.165, 1.54) is 6.21 Å². The average molecular weight is 318 g/mol. The maximum absolute atomic E-state index is 12.0. The first-order chi connectivity index (χ1) is 9.49. The van der Waals surface area contributed by atoms with Crippen LogP contribution in [0, 0.1) is 0 Å². The molecule has 0 aromatic carbocycles. The topological polar surface area (TPSA) is 74.2 Å². The predicted molar refractivity (Wildman–Crippen MR) is 83.9 cm³/mol. The van der Waals surface area contributed by atoms with E-state index in [2.05, 4.69) is 4.40 Å². The van der Waals surface area contributed by atoms with Crippen LogP contribution in [0.5, 0.6) is 0 Å². The Hall–Kier alpha value is -0.790. The molecule has 122 valence electrons. The molecule has 0 bridgehead atoms. The number of nitrogens with zero attached hydrogens (tertiary/aromatic N) is 2. The number of carbonyl (C=O) groups excluding carboxylic acids is 1. The second kappa shape index (κ2) is 6.98. The number of carbonyl (C=O) groups is 1. The SMILES string of the molecule is CC(C)(C)OC(=O)N1CCOC(C=N[S+]([O-])C(C)(C)C)C1. The summed E-state index contributed by atoms with van der Waals surface area (Å²) in [6.07, 6.45) is 0.816. The lowest BCUT2D eigenvalue weighted by Gasteiger charge is -2.32. The third kappa shape index (κ3) is 6.67. The highest BCUT2D eigenvalue weighted by molar-refractivity contribution is 7.91. The molecule has 0 aromatic rings. The Morgan fingerprint density at radius 1 is 1.38 bits per heavy atom. The van der Waals surface area contributed by atoms with E-state index in [4.69, 9.17) is 9.47 Å². The minimum Gasteiger partial charge on any atom is -0.591 e. The van der Waals surface area contributed by atoms with Crippen LogP contribution in [0.15, 0.2) is 4.40 Å². The fourth-order valence-corrected chi connectivity index (χ4v) is 2.10. The van der Waals surface area contributed by atoms with Crippen LogP contribution < -0.4 is 0 Å². The lowest BCUT2D eigenvalue weighted by atomic mass is 10.2. The van der Waals surface area contributed by atoms with E-state index >= 15 is 0 Å². The number of hydrogen-bond acceptors (Lipinski definition) is 5. The van der Waals surface area contributed by atoms with Gasteiger partial charge < -0.3 is 18.9 Å². The first-order valence-corrected chi connectivity index (χ1v) is 8.15. The van der Waals surface area contributed by atoms with Crippen molar-refractivity contribution in [1.29, 1.82) is 0 Å². The molecule has 1 fully saturated rings. The third-order valence-corrected chi connectivity index (χ3v) is 3.95. The number of hydrogen-bond donors (Lipinski definition) is 0. The highest BCUT2D eigenvalue weighted by Gasteiger charge is 2.29. The number of rotatable bonds is 2. The molecule has 0 aliphatic carbocycles. The zero-order valence-electron chi connectivity index (χ0n) is 13.7. The molecule has 0 spiro atoms. The monoisotopic (exact) mass is 318 g/mol. The summed E-state index contributed by atoms with van der Waals surface area (Å²) in [6.45, 7) is 12.3. The van der Waals surface area contributed by atoms with Gasteiger partial charge >= 0.3 is 6.09 Å². The van der Waals surface area contributed by atoms with Crippen molar-refractivity contribution in [3.63, 3.8) is 0 Å². The summed E-state index contributed by atoms with van der Waals surface area (Å²) in [5, 5.41) is 0. The van der Waals surface area contributed by atoms with E-state index in [-0.39, 0.29) is 12.2 Å². The summed E-state index contributed by atoms with van der Waals surface area (Å²) in [4.78, 5) is 13.6. The van der Waals surface area contributed by atoms with Gasteiger partial charge in [0, 0.05) is 6.54 Å². The van der Waals surface area contributed by atoms with Crippen molar-refractivity contribution in [2.45, 2.75) is 58.0 Å². The quantitative estimate of drug-likeness (QED) is 0.577. The Morgan fingerprint density at radius 2 is 2.00 bits per heavy atom. The van der Waals surface area contributed by atoms with Gasteiger partial charge in [0.1, 0.15) is 27.8 Å². The molecule has 1 saturated heterocycles. The molecule has 0 N–H and O–H groups in total. The number of amides is 1. The molecule has 0 aromatic heterocycles. The molecule has 7 heteroatoms. The van der Waals surface area contributed by atoms with E-state index in [0.29, 0.717) is 19.7 Å². The van der Waals surface area contributed by atoms with Crippen molar-refractivity contribution in [3.8, 4) is 0 Å². The van der Waals surface area contributed by atoms with E-state index in [9.17, 15) is 9.35 Å². The van der Waals surface area contributed by atoms with E-state index in [1.807, 2.05) is 41.5 Å². The second-order valence-electron chi connectivity index (χ2n) is 6.95. The highest BCUT2D eigenvalue weighted by Crippen LogP contribution is 2.17. The van der Waals surface area contributed by atoms with Crippen LogP contribution in [0.3, 0.4) is 0 Å². The Bertz CT molecular complexity index is 387. The first kappa shape index (κ1) is 18.3. The summed E-state index contributed by atoms with van der Waals surface area (Å²) >= 11 is -1.32. The average Bonchev–Trinajstić information content (AvgIpc) is 2.33. The molecular formula is C14H26N2O4S. The molecule has 1 amide bonds. The summed E-state index contributed by atoms with van der Waals surface area (Å²) in [5.41, 5.74) is -0.521. The maximum atomic E-state index is 12.0. The van der Waals surface area contributed by atoms with Crippen LogP contribution in [-0.2, 0) is 20.8 Å². The molecule has 1 aliphatic rings. The van der Waals surface area contributed by atoms with Crippen LogP contribution in [-0.4, -0.2) is 57.9 Å². The van der Waals surface area contributed by atoms with Gasteiger partial charge in [-0.25, -0.2) is 4.79 Å². The molecule has 2 unspecified atom stereocenters. The van der Waals surface area contributed by atoms with Crippen LogP contribution in [0.25, 0.3) is 0 Å². The maximum Gasteiger partial charge on any atom is 0.410 e. The van der Waals surface area contributed by atoms with Gasteiger partial charge in [-0.2, -0.15) is 0 Å². The molecule has 6 nitrogen and oxygen atoms in total. The fourth-order valence-electron chi connectivity index (χ4n) is 1.54. The van der Waals surface area contributed by atoms with Gasteiger partial charge in [-0.05, 0) is 41.5 Å². The third-order valence-electron chi connectivity index (χ3n) is 2.59. The Morgan fingerprint density at radius 3 is 2.52 bits per heavy atom. The standard InChI is InChI=1S/C14H26N2O4S/c1-13(2,3)20-12(17)16-7-8-19-11(10-16)9-15-21(18)14(4,5)6/h9,11H,7-8,10H2,1-6H3. The number of ether oxygens (including phenoxy) is 2. The molecule has 2 atom stereocenters. The molecule has 1 rings (SSSR count). The van der Waals surface area contributed by atoms with Crippen molar-refractivity contribution in [2.75, 3.05) is 19.7 Å². The lowest BCUT2D eigenvalue weighted by Crippen LogP contribution is -2.48. The minimum atomic E-state index is -1.32. The summed E-state index contributed by atoms with van der Waals surface area (Å²) < 4.78 is 26.3. The van der Waals surface area contributed by atoms with Gasteiger partial charge in [0.15, 0.2) is 0 Å². The number of morpholine rings is 1. The summed E-state index contributed by atoms with van der Waals surface area (Å²) in [7, 11) is 0. The Labute approximate surface area is 130 Å². The molecule has 1 heterocycles. The smallest absolute Gasteiger partial charge is 0.410 e. The van der Waals surface area contributed by atoms with E-state index in [1.54, 1.807) is 4.90 Å². The summed E-state index contributed by atoms with van der Waals surface area (Å²) in [5.74, 6) is 0. The molecular weight excluding hydrogens is 292 g/mol.